The lowest BCUT2D eigenvalue weighted by molar-refractivity contribution is -0.140. The highest BCUT2D eigenvalue weighted by Crippen LogP contribution is 2.26. The van der Waals surface area contributed by atoms with Gasteiger partial charge in [0.15, 0.2) is 0 Å². The number of nitrogens with one attached hydrogen (secondary N) is 1. The van der Waals surface area contributed by atoms with E-state index < -0.39 is 6.04 Å². The molecule has 0 bridgehead atoms. The number of nitrogens with zero attached hydrogens (tertiary/aromatic N) is 1. The fourth-order valence-electron chi connectivity index (χ4n) is 2.83. The van der Waals surface area contributed by atoms with E-state index in [2.05, 4.69) is 5.32 Å². The van der Waals surface area contributed by atoms with Crippen molar-refractivity contribution in [2.45, 2.75) is 32.9 Å². The molecule has 0 saturated heterocycles. The molecule has 0 saturated carbocycles. The van der Waals surface area contributed by atoms with Crippen molar-refractivity contribution in [2.75, 3.05) is 13.7 Å². The number of ether oxygens (including phenoxy) is 1. The summed E-state index contributed by atoms with van der Waals surface area (Å²) in [5.74, 6) is 0.227. The number of carbonyl (C=O) groups is 2. The van der Waals surface area contributed by atoms with Gasteiger partial charge in [-0.2, -0.15) is 0 Å². The van der Waals surface area contributed by atoms with Crippen molar-refractivity contribution in [3.8, 4) is 5.75 Å². The number of hydrogen-bond acceptors (Lipinski definition) is 3. The Balaban J connectivity index is 2.31. The van der Waals surface area contributed by atoms with Crippen LogP contribution in [0.3, 0.4) is 0 Å². The number of rotatable bonds is 8. The molecule has 2 aromatic carbocycles. The van der Waals surface area contributed by atoms with Crippen LogP contribution in [0.5, 0.6) is 5.75 Å². The van der Waals surface area contributed by atoms with Crippen LogP contribution in [0.25, 0.3) is 0 Å². The molecule has 2 amide bonds. The average molecular weight is 423 g/mol. The van der Waals surface area contributed by atoms with E-state index in [-0.39, 0.29) is 24.8 Å². The molecule has 7 heteroatoms. The fourth-order valence-corrected chi connectivity index (χ4v) is 3.36. The minimum absolute atomic E-state index is 0.00617. The lowest BCUT2D eigenvalue weighted by Gasteiger charge is -2.29. The highest BCUT2D eigenvalue weighted by molar-refractivity contribution is 6.36. The van der Waals surface area contributed by atoms with Crippen LogP contribution in [-0.4, -0.2) is 36.4 Å². The molecule has 0 heterocycles. The van der Waals surface area contributed by atoms with Crippen LogP contribution in [0, 0.1) is 0 Å². The highest BCUT2D eigenvalue weighted by atomic mass is 35.5. The Morgan fingerprint density at radius 3 is 2.39 bits per heavy atom. The SMILES string of the molecule is CCNC(=O)C(C)N(Cc1cccc(OC)c1)C(=O)Cc1c(Cl)cccc1Cl. The van der Waals surface area contributed by atoms with E-state index >= 15 is 0 Å². The molecular formula is C21H24Cl2N2O3. The molecule has 0 radical (unpaired) electrons. The first-order valence-corrected chi connectivity index (χ1v) is 9.76. The first-order chi connectivity index (χ1) is 13.4. The minimum atomic E-state index is -0.653. The number of benzene rings is 2. The second kappa shape index (κ2) is 10.3. The van der Waals surface area contributed by atoms with Gasteiger partial charge in [-0.25, -0.2) is 0 Å². The lowest BCUT2D eigenvalue weighted by Crippen LogP contribution is -2.48. The number of amides is 2. The monoisotopic (exact) mass is 422 g/mol. The normalized spacial score (nSPS) is 11.6. The number of likely N-dealkylation sites (N-methyl/N-ethyl adjacent to an activating group) is 1. The molecule has 1 unspecified atom stereocenters. The van der Waals surface area contributed by atoms with Gasteiger partial charge in [-0.15, -0.1) is 0 Å². The predicted molar refractivity (Wildman–Crippen MR) is 112 cm³/mol. The summed E-state index contributed by atoms with van der Waals surface area (Å²) in [6, 6.07) is 11.9. The number of hydrogen-bond donors (Lipinski definition) is 1. The molecule has 1 N–H and O–H groups in total. The summed E-state index contributed by atoms with van der Waals surface area (Å²) in [4.78, 5) is 27.1. The van der Waals surface area contributed by atoms with E-state index in [0.29, 0.717) is 27.9 Å². The van der Waals surface area contributed by atoms with Crippen LogP contribution in [-0.2, 0) is 22.6 Å². The summed E-state index contributed by atoms with van der Waals surface area (Å²) in [7, 11) is 1.58. The van der Waals surface area contributed by atoms with E-state index in [0.717, 1.165) is 5.56 Å². The van der Waals surface area contributed by atoms with E-state index in [9.17, 15) is 9.59 Å². The maximum Gasteiger partial charge on any atom is 0.242 e. The van der Waals surface area contributed by atoms with Gasteiger partial charge in [0.25, 0.3) is 0 Å². The van der Waals surface area contributed by atoms with Crippen molar-refractivity contribution in [2.24, 2.45) is 0 Å². The Hall–Kier alpha value is -2.24. The van der Waals surface area contributed by atoms with E-state index in [1.165, 1.54) is 4.90 Å². The maximum atomic E-state index is 13.1. The summed E-state index contributed by atoms with van der Waals surface area (Å²) in [6.07, 6.45) is 0.00617. The van der Waals surface area contributed by atoms with E-state index in [1.54, 1.807) is 32.2 Å². The van der Waals surface area contributed by atoms with Crippen molar-refractivity contribution in [1.82, 2.24) is 10.2 Å². The van der Waals surface area contributed by atoms with Crippen molar-refractivity contribution in [3.63, 3.8) is 0 Å². The van der Waals surface area contributed by atoms with Crippen molar-refractivity contribution < 1.29 is 14.3 Å². The molecule has 5 nitrogen and oxygen atoms in total. The molecule has 0 spiro atoms. The third-order valence-corrected chi connectivity index (χ3v) is 5.10. The Bertz CT molecular complexity index is 822. The topological polar surface area (TPSA) is 58.6 Å². The Morgan fingerprint density at radius 2 is 1.79 bits per heavy atom. The molecule has 150 valence electrons. The average Bonchev–Trinajstić information content (AvgIpc) is 2.68. The first-order valence-electron chi connectivity index (χ1n) is 9.00. The van der Waals surface area contributed by atoms with Gasteiger partial charge in [-0.1, -0.05) is 41.4 Å². The minimum Gasteiger partial charge on any atom is -0.497 e. The summed E-state index contributed by atoms with van der Waals surface area (Å²) in [5.41, 5.74) is 1.41. The van der Waals surface area contributed by atoms with Gasteiger partial charge in [0.05, 0.1) is 13.5 Å². The molecule has 0 aromatic heterocycles. The van der Waals surface area contributed by atoms with E-state index in [1.807, 2.05) is 31.2 Å². The highest BCUT2D eigenvalue weighted by Gasteiger charge is 2.27. The molecule has 1 atom stereocenters. The summed E-state index contributed by atoms with van der Waals surface area (Å²) in [6.45, 7) is 4.29. The zero-order valence-electron chi connectivity index (χ0n) is 16.2. The number of methoxy groups -OCH3 is 1. The van der Waals surface area contributed by atoms with Gasteiger partial charge in [0, 0.05) is 23.1 Å². The Morgan fingerprint density at radius 1 is 1.14 bits per heavy atom. The first kappa shape index (κ1) is 22.1. The number of halogens is 2. The Labute approximate surface area is 175 Å². The van der Waals surface area contributed by atoms with Gasteiger partial charge < -0.3 is 15.0 Å². The molecule has 2 aromatic rings. The van der Waals surface area contributed by atoms with Crippen molar-refractivity contribution in [1.29, 1.82) is 0 Å². The van der Waals surface area contributed by atoms with Crippen LogP contribution in [0.15, 0.2) is 42.5 Å². The fraction of sp³-hybridized carbons (Fsp3) is 0.333. The van der Waals surface area contributed by atoms with E-state index in [4.69, 9.17) is 27.9 Å². The zero-order valence-corrected chi connectivity index (χ0v) is 17.7. The van der Waals surface area contributed by atoms with Crippen molar-refractivity contribution in [3.05, 3.63) is 63.6 Å². The van der Waals surface area contributed by atoms with Gasteiger partial charge in [0.1, 0.15) is 11.8 Å². The van der Waals surface area contributed by atoms with Crippen LogP contribution in [0.2, 0.25) is 10.0 Å². The van der Waals surface area contributed by atoms with Gasteiger partial charge >= 0.3 is 0 Å². The molecule has 0 aliphatic heterocycles. The molecule has 0 aliphatic carbocycles. The summed E-state index contributed by atoms with van der Waals surface area (Å²) < 4.78 is 5.25. The maximum absolute atomic E-state index is 13.1. The van der Waals surface area contributed by atoms with Crippen LogP contribution < -0.4 is 10.1 Å². The molecule has 0 fully saturated rings. The predicted octanol–water partition coefficient (Wildman–Crippen LogP) is 4.10. The summed E-state index contributed by atoms with van der Waals surface area (Å²) >= 11 is 12.4. The summed E-state index contributed by atoms with van der Waals surface area (Å²) in [5, 5.41) is 3.61. The van der Waals surface area contributed by atoms with Crippen molar-refractivity contribution >= 4 is 35.0 Å². The lowest BCUT2D eigenvalue weighted by atomic mass is 10.1. The number of carbonyl (C=O) groups excluding carboxylic acids is 2. The Kier molecular flexibility index (Phi) is 8.15. The second-order valence-corrected chi connectivity index (χ2v) is 7.14. The van der Waals surface area contributed by atoms with Gasteiger partial charge in [-0.05, 0) is 49.2 Å². The second-order valence-electron chi connectivity index (χ2n) is 6.32. The largest absolute Gasteiger partial charge is 0.497 e. The van der Waals surface area contributed by atoms with Crippen LogP contribution in [0.4, 0.5) is 0 Å². The zero-order chi connectivity index (χ0) is 20.7. The third kappa shape index (κ3) is 5.63. The van der Waals surface area contributed by atoms with Crippen LogP contribution in [0.1, 0.15) is 25.0 Å². The van der Waals surface area contributed by atoms with Gasteiger partial charge in [0.2, 0.25) is 11.8 Å². The van der Waals surface area contributed by atoms with Crippen LogP contribution >= 0.6 is 23.2 Å². The van der Waals surface area contributed by atoms with Gasteiger partial charge in [-0.3, -0.25) is 9.59 Å². The third-order valence-electron chi connectivity index (χ3n) is 4.40. The quantitative estimate of drug-likeness (QED) is 0.696. The standard InChI is InChI=1S/C21H24Cl2N2O3/c1-4-24-21(27)14(2)25(13-15-7-5-8-16(11-15)28-3)20(26)12-17-18(22)9-6-10-19(17)23/h5-11,14H,4,12-13H2,1-3H3,(H,24,27). The molecular weight excluding hydrogens is 399 g/mol. The molecule has 2 rings (SSSR count). The smallest absolute Gasteiger partial charge is 0.242 e. The molecule has 28 heavy (non-hydrogen) atoms. The molecule has 0 aliphatic rings.